The number of ketones is 2. The Kier molecular flexibility index (Phi) is 109. The maximum absolute atomic E-state index is 12.4. The van der Waals surface area contributed by atoms with E-state index in [2.05, 4.69) is 0 Å². The zero-order chi connectivity index (χ0) is 99.0. The average Bonchev–Trinajstić information content (AvgIpc) is 1.73. The van der Waals surface area contributed by atoms with E-state index >= 15 is 0 Å². The second-order valence-electron chi connectivity index (χ2n) is 28.9. The van der Waals surface area contributed by atoms with Gasteiger partial charge in [-0.05, 0) is 34.1 Å². The molecule has 2 aliphatic rings. The molecular formula is C93H184N2O46. The molecule has 0 bridgehead atoms. The molecule has 12 unspecified atom stereocenters. The van der Waals surface area contributed by atoms with Crippen LogP contribution in [0.25, 0.3) is 0 Å². The normalized spacial score (nSPS) is 15.1. The number of amides is 4. The smallest absolute Gasteiger partial charge is 0.333 e. The molecule has 4 amide bonds. The number of carbonyl (C=O) groups is 8. The van der Waals surface area contributed by atoms with Crippen molar-refractivity contribution in [2.75, 3.05) is 362 Å². The number of ether oxygens (including phenoxy) is 36. The van der Waals surface area contributed by atoms with Crippen LogP contribution in [0.1, 0.15) is 130 Å². The monoisotopic (exact) mass is 2070 g/mol. The predicted molar refractivity (Wildman–Crippen MR) is 508 cm³/mol. The number of nitrogens with zero attached hydrogens (tertiary/aromatic N) is 2. The van der Waals surface area contributed by atoms with E-state index in [0.29, 0.717) is 129 Å². The molecule has 48 heteroatoms. The lowest BCUT2D eigenvalue weighted by atomic mass is 10.2. The highest BCUT2D eigenvalue weighted by Crippen LogP contribution is 2.18. The van der Waals surface area contributed by atoms with E-state index in [9.17, 15) is 38.4 Å². The highest BCUT2D eigenvalue weighted by Gasteiger charge is 2.35. The van der Waals surface area contributed by atoms with Gasteiger partial charge in [0.15, 0.2) is 49.3 Å². The average molecular weight is 2070 g/mol. The minimum atomic E-state index is -0.899. The van der Waals surface area contributed by atoms with Crippen molar-refractivity contribution in [1.29, 1.82) is 0 Å². The maximum Gasteiger partial charge on any atom is 0.333 e. The first-order chi connectivity index (χ1) is 65.8. The van der Waals surface area contributed by atoms with Crippen molar-refractivity contribution in [3.8, 4) is 0 Å². The summed E-state index contributed by atoms with van der Waals surface area (Å²) in [5.41, 5.74) is 0. The molecule has 0 aliphatic carbocycles. The van der Waals surface area contributed by atoms with Crippen LogP contribution in [-0.2, 0) is 219 Å². The van der Waals surface area contributed by atoms with Gasteiger partial charge in [-0.3, -0.25) is 28.8 Å². The zero-order valence-corrected chi connectivity index (χ0v) is 82.1. The summed E-state index contributed by atoms with van der Waals surface area (Å²) in [5.74, 6) is -4.61. The van der Waals surface area contributed by atoms with Crippen LogP contribution in [0.4, 0.5) is 0 Å². The Hall–Kier alpha value is -4.88. The van der Waals surface area contributed by atoms with Crippen molar-refractivity contribution in [1.82, 2.24) is 10.1 Å². The van der Waals surface area contributed by atoms with Gasteiger partial charge in [-0.15, -0.1) is 10.1 Å². The number of Topliss-reactive ketones (excluding diaryl/α,β-unsaturated/α-hetero) is 2. The maximum atomic E-state index is 12.4. The molecule has 2 heterocycles. The lowest BCUT2D eigenvalue weighted by Crippen LogP contribution is -2.37. The molecule has 0 aromatic heterocycles. The van der Waals surface area contributed by atoms with Gasteiger partial charge in [0.1, 0.15) is 76.3 Å². The van der Waals surface area contributed by atoms with Gasteiger partial charge in [0.25, 0.3) is 23.6 Å². The largest absolute Gasteiger partial charge is 0.382 e. The van der Waals surface area contributed by atoms with E-state index in [0.717, 1.165) is 0 Å². The van der Waals surface area contributed by atoms with Crippen molar-refractivity contribution < 1.29 is 219 Å². The zero-order valence-electron chi connectivity index (χ0n) is 82.1. The Bertz CT molecular complexity index is 2790. The Labute approximate surface area is 838 Å². The fraction of sp³-hybridized carbons (Fsp3) is 0.914. The number of hydrogen-bond donors (Lipinski definition) is 0. The van der Waals surface area contributed by atoms with E-state index in [1.54, 1.807) is 71.1 Å². The van der Waals surface area contributed by atoms with E-state index in [1.807, 2.05) is 27.7 Å². The lowest BCUT2D eigenvalue weighted by Gasteiger charge is -2.27. The van der Waals surface area contributed by atoms with Gasteiger partial charge in [0.05, 0.1) is 231 Å². The topological polar surface area (TPSA) is 494 Å². The fourth-order valence-corrected chi connectivity index (χ4v) is 10.9. The molecule has 0 spiro atoms. The van der Waals surface area contributed by atoms with E-state index in [4.69, 9.17) is 180 Å². The van der Waals surface area contributed by atoms with Gasteiger partial charge in [0.2, 0.25) is 0 Å². The number of rotatable bonds is 101. The third-order valence-electron chi connectivity index (χ3n) is 17.8. The first kappa shape index (κ1) is 147. The Morgan fingerprint density at radius 3 is 0.695 bits per heavy atom. The highest BCUT2D eigenvalue weighted by atomic mass is 16.8. The summed E-state index contributed by atoms with van der Waals surface area (Å²) in [6.07, 6.45) is -8.58. The molecule has 48 nitrogen and oxygen atoms in total. The van der Waals surface area contributed by atoms with Crippen molar-refractivity contribution in [2.24, 2.45) is 0 Å². The van der Waals surface area contributed by atoms with Gasteiger partial charge < -0.3 is 180 Å². The molecule has 842 valence electrons. The molecule has 0 saturated carbocycles. The quantitative estimate of drug-likeness (QED) is 0.0427. The van der Waals surface area contributed by atoms with Crippen LogP contribution in [-0.4, -0.2) is 493 Å². The molecule has 2 rings (SSSR count). The van der Waals surface area contributed by atoms with Crippen LogP contribution in [0.2, 0.25) is 0 Å². The third kappa shape index (κ3) is 82.7. The first-order valence-corrected chi connectivity index (χ1v) is 45.5. The summed E-state index contributed by atoms with van der Waals surface area (Å²) in [5, 5.41) is 0.919. The number of carbonyl (C=O) groups excluding carboxylic acids is 8. The summed E-state index contributed by atoms with van der Waals surface area (Å²) in [4.78, 5) is 105. The van der Waals surface area contributed by atoms with Crippen LogP contribution in [0, 0.1) is 0 Å². The van der Waals surface area contributed by atoms with Gasteiger partial charge in [0, 0.05) is 142 Å². The Morgan fingerprint density at radius 2 is 0.433 bits per heavy atom. The highest BCUT2D eigenvalue weighted by molar-refractivity contribution is 6.02. The number of imide groups is 2. The van der Waals surface area contributed by atoms with Crippen LogP contribution in [0.3, 0.4) is 0 Å². The summed E-state index contributed by atoms with van der Waals surface area (Å²) in [6.45, 7) is 16.1. The van der Waals surface area contributed by atoms with Crippen LogP contribution >= 0.6 is 0 Å². The van der Waals surface area contributed by atoms with Crippen LogP contribution < -0.4 is 0 Å². The Morgan fingerprint density at radius 1 is 0.220 bits per heavy atom. The van der Waals surface area contributed by atoms with Crippen LogP contribution in [0.5, 0.6) is 0 Å². The number of hydroxylamine groups is 4. The predicted octanol–water partition coefficient (Wildman–Crippen LogP) is 5.24. The SMILES string of the molecule is C.C.C.C.C.C.CCOCC(COCC(OCCOC)OCC(OCCOC)OCC(OCCOC)OCC(COCC(COCC(=O)CCC(=O)ON1C(=O)CCC1=O)OCC)OCCOC)OCCOC.CCOCC(COCC(OCCOC)OCC(OCCOC)OCC(OCCOC)OCC(COCC(COCC(=O)CCCC(=O)ON1C(=O)CCC1=O)OCC)OCCOC)OCCOC. The first-order valence-electron chi connectivity index (χ1n) is 45.5. The van der Waals surface area contributed by atoms with Gasteiger partial charge in [-0.1, -0.05) is 44.6 Å². The minimum absolute atomic E-state index is 0. The molecule has 0 aromatic rings. The summed E-state index contributed by atoms with van der Waals surface area (Å²) < 4.78 is 205. The fourth-order valence-electron chi connectivity index (χ4n) is 10.9. The number of methoxy groups -OCH3 is 10. The van der Waals surface area contributed by atoms with Crippen LogP contribution in [0.15, 0.2) is 0 Å². The molecule has 2 fully saturated rings. The van der Waals surface area contributed by atoms with Gasteiger partial charge in [-0.2, -0.15) is 0 Å². The standard InChI is InChI=1S/C44H81NO23.C43H79NO23.6CH4/c1-8-55-26-37(60-20-15-50-3)29-58-32-42(62-22-17-52-5)66-34-44(64-24-19-54-7)67-33-43(63-23-18-53-6)65-31-38(61-21-16-51-4)30-57-28-36(59-9-2)27-56-25-35(46)11-10-12-41(49)68-45-39(47)13-14-40(45)48;1-8-54-25-36(59-19-14-49-3)28-57-31-41(61-21-16-51-5)65-33-43(63-23-18-53-7)66-32-42(62-22-17-52-6)64-30-37(60-20-15-50-4)29-56-27-35(58-9-2)26-55-24-34(45)10-13-40(48)67-44-38(46)11-12-39(44)47;;;;;;/h36-38,42-44H,8-34H2,1-7H3;35-37,41-43H,8-33H2,1-7H3;6*1H4. The number of hydrogen-bond acceptors (Lipinski definition) is 46. The van der Waals surface area contributed by atoms with Gasteiger partial charge in [-0.25, -0.2) is 9.59 Å². The summed E-state index contributed by atoms with van der Waals surface area (Å²) in [6, 6.07) is 0. The van der Waals surface area contributed by atoms with E-state index in [-0.39, 0.29) is 298 Å². The summed E-state index contributed by atoms with van der Waals surface area (Å²) >= 11 is 0. The van der Waals surface area contributed by atoms with Crippen molar-refractivity contribution >= 4 is 47.1 Å². The molecule has 0 N–H and O–H groups in total. The second-order valence-corrected chi connectivity index (χ2v) is 28.9. The molecule has 0 radical (unpaired) electrons. The molecular weight excluding hydrogens is 1880 g/mol. The van der Waals surface area contributed by atoms with Crippen molar-refractivity contribution in [2.45, 2.75) is 204 Å². The van der Waals surface area contributed by atoms with Crippen molar-refractivity contribution in [3.05, 3.63) is 0 Å². The molecule has 2 saturated heterocycles. The summed E-state index contributed by atoms with van der Waals surface area (Å²) in [7, 11) is 15.7. The third-order valence-corrected chi connectivity index (χ3v) is 17.8. The molecule has 2 aliphatic heterocycles. The van der Waals surface area contributed by atoms with Crippen molar-refractivity contribution in [3.63, 3.8) is 0 Å². The Balaban J connectivity index is -0.000000620. The molecule has 141 heavy (non-hydrogen) atoms. The molecule has 12 atom stereocenters. The van der Waals surface area contributed by atoms with E-state index in [1.165, 1.54) is 0 Å². The molecule has 0 aromatic carbocycles. The van der Waals surface area contributed by atoms with Gasteiger partial charge >= 0.3 is 11.9 Å². The lowest BCUT2D eigenvalue weighted by molar-refractivity contribution is -0.260. The van der Waals surface area contributed by atoms with E-state index < -0.39 is 97.7 Å². The second kappa shape index (κ2) is 105. The minimum Gasteiger partial charge on any atom is -0.382 e.